The van der Waals surface area contributed by atoms with Gasteiger partial charge in [-0.3, -0.25) is 9.78 Å². The van der Waals surface area contributed by atoms with E-state index in [9.17, 15) is 4.79 Å². The quantitative estimate of drug-likeness (QED) is 0.523. The minimum absolute atomic E-state index is 0.126. The summed E-state index contributed by atoms with van der Waals surface area (Å²) >= 11 is 0. The second-order valence-electron chi connectivity index (χ2n) is 7.04. The fourth-order valence-corrected chi connectivity index (χ4v) is 3.67. The number of anilines is 2. The summed E-state index contributed by atoms with van der Waals surface area (Å²) in [6, 6.07) is 5.79. The Morgan fingerprint density at radius 3 is 3.04 bits per heavy atom. The third kappa shape index (κ3) is 3.17. The molecule has 3 aromatic rings. The van der Waals surface area contributed by atoms with E-state index < -0.39 is 5.82 Å². The number of nitrogens with one attached hydrogen (secondary N) is 1. The molecule has 0 unspecified atom stereocenters. The molecule has 0 fully saturated rings. The SMILES string of the molecule is Cc1cn2c3c(c(NCCCc4ccccn4)c(F)c(N)c3c1=O)OCCC2. The number of nitrogens with two attached hydrogens (primary N) is 1. The summed E-state index contributed by atoms with van der Waals surface area (Å²) in [7, 11) is 0. The van der Waals surface area contributed by atoms with E-state index in [-0.39, 0.29) is 22.2 Å². The molecular formula is C21H23FN4O2. The van der Waals surface area contributed by atoms with Gasteiger partial charge >= 0.3 is 0 Å². The number of hydrogen-bond acceptors (Lipinski definition) is 5. The number of nitrogens with zero attached hydrogens (tertiary/aromatic N) is 2. The molecule has 1 aliphatic rings. The number of rotatable bonds is 5. The summed E-state index contributed by atoms with van der Waals surface area (Å²) in [5, 5.41) is 3.34. The first-order valence-corrected chi connectivity index (χ1v) is 9.49. The molecule has 0 spiro atoms. The Hall–Kier alpha value is -3.09. The highest BCUT2D eigenvalue weighted by molar-refractivity contribution is 6.00. The van der Waals surface area contributed by atoms with Crippen molar-refractivity contribution in [2.24, 2.45) is 0 Å². The molecule has 28 heavy (non-hydrogen) atoms. The van der Waals surface area contributed by atoms with Gasteiger partial charge in [-0.05, 0) is 38.3 Å². The van der Waals surface area contributed by atoms with Crippen molar-refractivity contribution in [1.29, 1.82) is 0 Å². The molecule has 0 atom stereocenters. The zero-order chi connectivity index (χ0) is 19.7. The van der Waals surface area contributed by atoms with Crippen molar-refractivity contribution in [3.05, 3.63) is 57.9 Å². The smallest absolute Gasteiger partial charge is 0.194 e. The number of benzene rings is 1. The molecule has 1 aromatic carbocycles. The van der Waals surface area contributed by atoms with Crippen LogP contribution in [0.3, 0.4) is 0 Å². The predicted molar refractivity (Wildman–Crippen MR) is 108 cm³/mol. The van der Waals surface area contributed by atoms with Crippen LogP contribution in [0.5, 0.6) is 5.75 Å². The molecule has 1 aliphatic heterocycles. The van der Waals surface area contributed by atoms with Crippen molar-refractivity contribution in [3.8, 4) is 5.75 Å². The molecule has 4 rings (SSSR count). The van der Waals surface area contributed by atoms with E-state index in [1.54, 1.807) is 19.3 Å². The molecule has 0 aliphatic carbocycles. The van der Waals surface area contributed by atoms with Gasteiger partial charge in [0.1, 0.15) is 5.69 Å². The van der Waals surface area contributed by atoms with Crippen molar-refractivity contribution in [1.82, 2.24) is 9.55 Å². The average molecular weight is 382 g/mol. The zero-order valence-electron chi connectivity index (χ0n) is 15.8. The van der Waals surface area contributed by atoms with Gasteiger partial charge < -0.3 is 20.4 Å². The molecule has 6 nitrogen and oxygen atoms in total. The lowest BCUT2D eigenvalue weighted by molar-refractivity contribution is 0.316. The molecule has 3 N–H and O–H groups in total. The third-order valence-corrected chi connectivity index (χ3v) is 5.05. The number of aryl methyl sites for hydroxylation is 3. The van der Waals surface area contributed by atoms with Crippen LogP contribution >= 0.6 is 0 Å². The van der Waals surface area contributed by atoms with E-state index in [1.165, 1.54) is 0 Å². The summed E-state index contributed by atoms with van der Waals surface area (Å²) in [6.07, 6.45) is 5.88. The molecule has 0 radical (unpaired) electrons. The van der Waals surface area contributed by atoms with Crippen LogP contribution in [-0.2, 0) is 13.0 Å². The van der Waals surface area contributed by atoms with Gasteiger partial charge in [-0.25, -0.2) is 4.39 Å². The Bertz CT molecular complexity index is 1080. The van der Waals surface area contributed by atoms with E-state index in [0.717, 1.165) is 25.0 Å². The Morgan fingerprint density at radius 1 is 1.39 bits per heavy atom. The Morgan fingerprint density at radius 2 is 2.25 bits per heavy atom. The molecule has 2 aromatic heterocycles. The van der Waals surface area contributed by atoms with E-state index in [4.69, 9.17) is 10.5 Å². The Balaban J connectivity index is 1.70. The zero-order valence-corrected chi connectivity index (χ0v) is 15.8. The van der Waals surface area contributed by atoms with Crippen LogP contribution in [-0.4, -0.2) is 22.7 Å². The van der Waals surface area contributed by atoms with Crippen LogP contribution in [0.4, 0.5) is 15.8 Å². The molecule has 0 saturated heterocycles. The van der Waals surface area contributed by atoms with Crippen molar-refractivity contribution in [3.63, 3.8) is 0 Å². The predicted octanol–water partition coefficient (Wildman–Crippen LogP) is 3.25. The van der Waals surface area contributed by atoms with Crippen LogP contribution in [0, 0.1) is 12.7 Å². The monoisotopic (exact) mass is 382 g/mol. The minimum atomic E-state index is -0.628. The van der Waals surface area contributed by atoms with E-state index in [0.29, 0.717) is 36.5 Å². The number of pyridine rings is 2. The number of hydrogen-bond donors (Lipinski definition) is 2. The van der Waals surface area contributed by atoms with Crippen LogP contribution in [0.25, 0.3) is 10.9 Å². The lowest BCUT2D eigenvalue weighted by Gasteiger charge is -2.19. The maximum atomic E-state index is 15.1. The normalized spacial score (nSPS) is 13.2. The number of aromatic nitrogens is 2. The van der Waals surface area contributed by atoms with Gasteiger partial charge in [0.25, 0.3) is 0 Å². The molecule has 7 heteroatoms. The van der Waals surface area contributed by atoms with Crippen molar-refractivity contribution >= 4 is 22.3 Å². The highest BCUT2D eigenvalue weighted by atomic mass is 19.1. The third-order valence-electron chi connectivity index (χ3n) is 5.05. The van der Waals surface area contributed by atoms with Crippen molar-refractivity contribution in [2.75, 3.05) is 24.2 Å². The molecule has 0 saturated carbocycles. The molecule has 3 heterocycles. The minimum Gasteiger partial charge on any atom is -0.489 e. The molecule has 146 valence electrons. The van der Waals surface area contributed by atoms with E-state index in [1.807, 2.05) is 22.8 Å². The number of nitrogen functional groups attached to an aromatic ring is 1. The fourth-order valence-electron chi connectivity index (χ4n) is 3.67. The fraction of sp³-hybridized carbons (Fsp3) is 0.333. The van der Waals surface area contributed by atoms with Gasteiger partial charge in [0.05, 0.1) is 23.2 Å². The van der Waals surface area contributed by atoms with Gasteiger partial charge in [-0.15, -0.1) is 0 Å². The summed E-state index contributed by atoms with van der Waals surface area (Å²) in [5.41, 5.74) is 8.01. The van der Waals surface area contributed by atoms with Gasteiger partial charge in [0, 0.05) is 36.7 Å². The van der Waals surface area contributed by atoms with Crippen molar-refractivity contribution < 1.29 is 9.13 Å². The lowest BCUT2D eigenvalue weighted by Crippen LogP contribution is -2.16. The first kappa shape index (κ1) is 18.3. The van der Waals surface area contributed by atoms with Gasteiger partial charge in [0.2, 0.25) is 0 Å². The highest BCUT2D eigenvalue weighted by Crippen LogP contribution is 2.41. The van der Waals surface area contributed by atoms with Crippen LogP contribution in [0.1, 0.15) is 24.1 Å². The van der Waals surface area contributed by atoms with Crippen LogP contribution in [0.2, 0.25) is 0 Å². The molecule has 0 amide bonds. The summed E-state index contributed by atoms with van der Waals surface area (Å²) in [5.74, 6) is -0.259. The van der Waals surface area contributed by atoms with Gasteiger partial charge in [0.15, 0.2) is 17.0 Å². The molecule has 0 bridgehead atoms. The Kier molecular flexibility index (Phi) is 4.90. The molecular weight excluding hydrogens is 359 g/mol. The number of halogens is 1. The summed E-state index contributed by atoms with van der Waals surface area (Å²) in [6.45, 7) is 3.40. The largest absolute Gasteiger partial charge is 0.489 e. The standard InChI is InChI=1S/C21H23FN4O2/c1-13-12-26-10-5-11-28-21-18(16(22)17(23)15(19(21)26)20(13)27)25-9-4-7-14-6-2-3-8-24-14/h2-3,6,8,12,25H,4-5,7,9-11,23H2,1H3. The van der Waals surface area contributed by atoms with Crippen molar-refractivity contribution in [2.45, 2.75) is 32.7 Å². The first-order chi connectivity index (χ1) is 13.6. The van der Waals surface area contributed by atoms with Crippen LogP contribution < -0.4 is 21.2 Å². The maximum Gasteiger partial charge on any atom is 0.194 e. The topological polar surface area (TPSA) is 82.2 Å². The van der Waals surface area contributed by atoms with Gasteiger partial charge in [-0.2, -0.15) is 0 Å². The van der Waals surface area contributed by atoms with Crippen LogP contribution in [0.15, 0.2) is 35.4 Å². The second kappa shape index (κ2) is 7.50. The Labute approximate surface area is 162 Å². The summed E-state index contributed by atoms with van der Waals surface area (Å²) in [4.78, 5) is 16.9. The number of ether oxygens (including phenoxy) is 1. The second-order valence-corrected chi connectivity index (χ2v) is 7.04. The summed E-state index contributed by atoms with van der Waals surface area (Å²) < 4.78 is 22.9. The van der Waals surface area contributed by atoms with E-state index in [2.05, 4.69) is 10.3 Å². The van der Waals surface area contributed by atoms with Gasteiger partial charge in [-0.1, -0.05) is 6.07 Å². The average Bonchev–Trinajstić information content (AvgIpc) is 2.91. The lowest BCUT2D eigenvalue weighted by atomic mass is 10.1. The van der Waals surface area contributed by atoms with E-state index >= 15 is 4.39 Å². The highest BCUT2D eigenvalue weighted by Gasteiger charge is 2.25. The maximum absolute atomic E-state index is 15.1. The first-order valence-electron chi connectivity index (χ1n) is 9.49.